The number of nitrogens with zero attached hydrogens (tertiary/aromatic N) is 2. The third kappa shape index (κ3) is 5.10. The summed E-state index contributed by atoms with van der Waals surface area (Å²) < 4.78 is 39.0. The van der Waals surface area contributed by atoms with Crippen molar-refractivity contribution < 1.29 is 22.8 Å². The molecule has 1 atom stereocenters. The number of thioether (sulfide) groups is 1. The van der Waals surface area contributed by atoms with Gasteiger partial charge < -0.3 is 5.73 Å². The van der Waals surface area contributed by atoms with E-state index < -0.39 is 28.8 Å². The number of aliphatic imine (C=N–C) groups is 1. The van der Waals surface area contributed by atoms with Gasteiger partial charge in [0, 0.05) is 11.4 Å². The van der Waals surface area contributed by atoms with Crippen LogP contribution in [0.1, 0.15) is 17.5 Å². The van der Waals surface area contributed by atoms with Crippen molar-refractivity contribution in [3.05, 3.63) is 64.7 Å². The number of benzene rings is 2. The van der Waals surface area contributed by atoms with Gasteiger partial charge in [0.15, 0.2) is 5.17 Å². The molecule has 3 rings (SSSR count). The largest absolute Gasteiger partial charge is 0.416 e. The van der Waals surface area contributed by atoms with Crippen LogP contribution in [0, 0.1) is 0 Å². The predicted molar refractivity (Wildman–Crippen MR) is 106 cm³/mol. The number of amidine groups is 1. The van der Waals surface area contributed by atoms with Crippen molar-refractivity contribution in [1.29, 1.82) is 0 Å². The molecule has 0 aromatic heterocycles. The number of carbonyl (C=O) groups excluding carboxylic acids is 2. The van der Waals surface area contributed by atoms with Crippen LogP contribution in [0.4, 0.5) is 18.9 Å². The van der Waals surface area contributed by atoms with E-state index >= 15 is 0 Å². The first kappa shape index (κ1) is 21.2. The van der Waals surface area contributed by atoms with E-state index in [1.807, 2.05) is 0 Å². The second kappa shape index (κ2) is 8.46. The number of primary amides is 1. The Hall–Kier alpha value is -2.52. The summed E-state index contributed by atoms with van der Waals surface area (Å²) in [7, 11) is 0. The number of hydrogen-bond donors (Lipinski definition) is 1. The summed E-state index contributed by atoms with van der Waals surface area (Å²) in [5, 5.41) is -0.334. The number of carbonyl (C=O) groups is 2. The van der Waals surface area contributed by atoms with E-state index in [4.69, 9.17) is 17.3 Å². The third-order valence-electron chi connectivity index (χ3n) is 4.14. The molecule has 2 amide bonds. The molecule has 0 radical (unpaired) electrons. The molecular formula is C19H15ClF3N3O2S. The molecular weight excluding hydrogens is 427 g/mol. The highest BCUT2D eigenvalue weighted by atomic mass is 35.5. The minimum absolute atomic E-state index is 0.00408. The fraction of sp³-hybridized carbons (Fsp3) is 0.211. The third-order valence-corrected chi connectivity index (χ3v) is 5.72. The van der Waals surface area contributed by atoms with Gasteiger partial charge in [-0.15, -0.1) is 0 Å². The molecule has 0 bridgehead atoms. The summed E-state index contributed by atoms with van der Waals surface area (Å²) in [5.74, 6) is -1.12. The van der Waals surface area contributed by atoms with Crippen LogP contribution in [0.2, 0.25) is 5.02 Å². The van der Waals surface area contributed by atoms with Crippen LogP contribution < -0.4 is 5.73 Å². The Balaban J connectivity index is 2.00. The average molecular weight is 442 g/mol. The van der Waals surface area contributed by atoms with Crippen molar-refractivity contribution >= 4 is 46.0 Å². The van der Waals surface area contributed by atoms with Crippen LogP contribution in [-0.4, -0.2) is 27.1 Å². The van der Waals surface area contributed by atoms with Gasteiger partial charge in [0.1, 0.15) is 0 Å². The standard InChI is InChI=1S/C19H15ClF3N3O2S/c20-14-7-2-1-4-11(14)10-26-16(27)9-15(17(24)28)29-18(26)25-13-6-3-5-12(8-13)19(21,22)23/h1-8,15H,9-10H2,(H2,24,28). The lowest BCUT2D eigenvalue weighted by Crippen LogP contribution is -2.45. The van der Waals surface area contributed by atoms with Crippen molar-refractivity contribution in [1.82, 2.24) is 4.90 Å². The molecule has 1 heterocycles. The molecule has 1 unspecified atom stereocenters. The molecule has 0 saturated carbocycles. The molecule has 1 saturated heterocycles. The minimum Gasteiger partial charge on any atom is -0.369 e. The SMILES string of the molecule is NC(=O)C1CC(=O)N(Cc2ccccc2Cl)C(=Nc2cccc(C(F)(F)F)c2)S1. The molecule has 1 aliphatic heterocycles. The van der Waals surface area contributed by atoms with Crippen LogP contribution in [0.15, 0.2) is 53.5 Å². The van der Waals surface area contributed by atoms with Gasteiger partial charge in [0.25, 0.3) is 0 Å². The van der Waals surface area contributed by atoms with Gasteiger partial charge in [-0.2, -0.15) is 13.2 Å². The van der Waals surface area contributed by atoms with Gasteiger partial charge >= 0.3 is 6.18 Å². The lowest BCUT2D eigenvalue weighted by atomic mass is 10.2. The second-order valence-corrected chi connectivity index (χ2v) is 7.80. The molecule has 5 nitrogen and oxygen atoms in total. The number of nitrogens with two attached hydrogens (primary N) is 1. The normalized spacial score (nSPS) is 18.9. The van der Waals surface area contributed by atoms with Crippen LogP contribution in [0.5, 0.6) is 0 Å². The lowest BCUT2D eigenvalue weighted by Gasteiger charge is -2.31. The number of alkyl halides is 3. The fourth-order valence-corrected chi connectivity index (χ4v) is 3.91. The Morgan fingerprint density at radius 1 is 1.24 bits per heavy atom. The fourth-order valence-electron chi connectivity index (χ4n) is 2.67. The van der Waals surface area contributed by atoms with E-state index in [9.17, 15) is 22.8 Å². The maximum atomic E-state index is 13.0. The second-order valence-electron chi connectivity index (χ2n) is 6.23. The van der Waals surface area contributed by atoms with Crippen LogP contribution in [0.25, 0.3) is 0 Å². The first-order valence-corrected chi connectivity index (χ1v) is 9.66. The zero-order valence-electron chi connectivity index (χ0n) is 14.8. The summed E-state index contributed by atoms with van der Waals surface area (Å²) in [6.07, 6.45) is -4.66. The molecule has 152 valence electrons. The van der Waals surface area contributed by atoms with Crippen LogP contribution >= 0.6 is 23.4 Å². The van der Waals surface area contributed by atoms with Gasteiger partial charge in [-0.25, -0.2) is 4.99 Å². The first-order valence-electron chi connectivity index (χ1n) is 8.41. The Kier molecular flexibility index (Phi) is 6.18. The smallest absolute Gasteiger partial charge is 0.369 e. The van der Waals surface area contributed by atoms with Crippen molar-refractivity contribution in [2.24, 2.45) is 10.7 Å². The van der Waals surface area contributed by atoms with Crippen molar-refractivity contribution in [3.63, 3.8) is 0 Å². The Labute approximate surface area is 173 Å². The van der Waals surface area contributed by atoms with Gasteiger partial charge in [0.2, 0.25) is 11.8 Å². The maximum absolute atomic E-state index is 13.0. The monoisotopic (exact) mass is 441 g/mol. The quantitative estimate of drug-likeness (QED) is 0.765. The Morgan fingerprint density at radius 3 is 2.62 bits per heavy atom. The van der Waals surface area contributed by atoms with Gasteiger partial charge in [-0.1, -0.05) is 47.6 Å². The molecule has 1 aliphatic rings. The van der Waals surface area contributed by atoms with E-state index in [0.717, 1.165) is 23.9 Å². The number of rotatable bonds is 4. The molecule has 1 fully saturated rings. The van der Waals surface area contributed by atoms with Crippen LogP contribution in [-0.2, 0) is 22.3 Å². The van der Waals surface area contributed by atoms with Crippen molar-refractivity contribution in [3.8, 4) is 0 Å². The summed E-state index contributed by atoms with van der Waals surface area (Å²) in [6.45, 7) is 0.0643. The molecule has 0 aliphatic carbocycles. The summed E-state index contributed by atoms with van der Waals surface area (Å²) in [4.78, 5) is 29.8. The molecule has 0 spiro atoms. The molecule has 2 aromatic rings. The highest BCUT2D eigenvalue weighted by Crippen LogP contribution is 2.34. The van der Waals surface area contributed by atoms with Gasteiger partial charge in [-0.05, 0) is 29.8 Å². The molecule has 29 heavy (non-hydrogen) atoms. The average Bonchev–Trinajstić information content (AvgIpc) is 2.65. The van der Waals surface area contributed by atoms with E-state index in [-0.39, 0.29) is 23.8 Å². The molecule has 2 N–H and O–H groups in total. The first-order chi connectivity index (χ1) is 13.6. The van der Waals surface area contributed by atoms with Gasteiger partial charge in [0.05, 0.1) is 23.0 Å². The highest BCUT2D eigenvalue weighted by molar-refractivity contribution is 8.15. The van der Waals surface area contributed by atoms with E-state index in [0.29, 0.717) is 10.6 Å². The number of amides is 2. The number of halogens is 4. The van der Waals surface area contributed by atoms with Crippen LogP contribution in [0.3, 0.4) is 0 Å². The Bertz CT molecular complexity index is 981. The number of hydrogen-bond acceptors (Lipinski definition) is 4. The maximum Gasteiger partial charge on any atom is 0.416 e. The van der Waals surface area contributed by atoms with E-state index in [1.54, 1.807) is 24.3 Å². The minimum atomic E-state index is -4.53. The summed E-state index contributed by atoms with van der Waals surface area (Å²) in [6, 6.07) is 11.3. The van der Waals surface area contributed by atoms with E-state index in [2.05, 4.69) is 4.99 Å². The topological polar surface area (TPSA) is 75.8 Å². The highest BCUT2D eigenvalue weighted by Gasteiger charge is 2.35. The molecule has 2 aromatic carbocycles. The zero-order valence-corrected chi connectivity index (χ0v) is 16.4. The zero-order chi connectivity index (χ0) is 21.2. The van der Waals surface area contributed by atoms with Crippen molar-refractivity contribution in [2.45, 2.75) is 24.4 Å². The lowest BCUT2D eigenvalue weighted by molar-refractivity contribution is -0.137. The summed E-state index contributed by atoms with van der Waals surface area (Å²) in [5.41, 5.74) is 5.11. The van der Waals surface area contributed by atoms with E-state index in [1.165, 1.54) is 17.0 Å². The van der Waals surface area contributed by atoms with Gasteiger partial charge in [-0.3, -0.25) is 14.5 Å². The molecule has 10 heteroatoms. The summed E-state index contributed by atoms with van der Waals surface area (Å²) >= 11 is 7.11. The Morgan fingerprint density at radius 2 is 1.97 bits per heavy atom. The van der Waals surface area contributed by atoms with Crippen molar-refractivity contribution in [2.75, 3.05) is 0 Å². The predicted octanol–water partition coefficient (Wildman–Crippen LogP) is 4.37.